The Bertz CT molecular complexity index is 581. The summed E-state index contributed by atoms with van der Waals surface area (Å²) in [7, 11) is 0. The van der Waals surface area contributed by atoms with Crippen LogP contribution in [0.2, 0.25) is 0 Å². The fourth-order valence-corrected chi connectivity index (χ4v) is 1.95. The lowest BCUT2D eigenvalue weighted by Crippen LogP contribution is -2.19. The quantitative estimate of drug-likeness (QED) is 0.844. The number of rotatable bonds is 1. The van der Waals surface area contributed by atoms with Crippen LogP contribution in [-0.4, -0.2) is 15.0 Å². The van der Waals surface area contributed by atoms with E-state index in [-0.39, 0.29) is 11.2 Å². The van der Waals surface area contributed by atoms with E-state index in [0.29, 0.717) is 17.2 Å². The van der Waals surface area contributed by atoms with Crippen LogP contribution in [0.4, 0.5) is 10.2 Å². The maximum Gasteiger partial charge on any atom is 0.170 e. The average molecular weight is 248 g/mol. The van der Waals surface area contributed by atoms with Gasteiger partial charge in [-0.3, -0.25) is 0 Å². The Kier molecular flexibility index (Phi) is 2.84. The summed E-state index contributed by atoms with van der Waals surface area (Å²) in [6.07, 6.45) is 0. The molecule has 1 aromatic carbocycles. The zero-order valence-electron chi connectivity index (χ0n) is 11.0. The van der Waals surface area contributed by atoms with Crippen molar-refractivity contribution in [1.29, 1.82) is 0 Å². The lowest BCUT2D eigenvalue weighted by molar-refractivity contribution is 0.532. The molecular formula is C13H17FN4. The Morgan fingerprint density at radius 3 is 2.56 bits per heavy atom. The number of hydrogen-bond donors (Lipinski definition) is 1. The summed E-state index contributed by atoms with van der Waals surface area (Å²) in [5, 5.41) is 7.81. The molecule has 96 valence electrons. The highest BCUT2D eigenvalue weighted by Gasteiger charge is 2.25. The van der Waals surface area contributed by atoms with Crippen molar-refractivity contribution in [2.24, 2.45) is 0 Å². The van der Waals surface area contributed by atoms with E-state index >= 15 is 0 Å². The molecule has 18 heavy (non-hydrogen) atoms. The second-order valence-electron chi connectivity index (χ2n) is 5.44. The SMILES string of the molecule is Cc1ccc(F)c(-n2nnc(N)c2C(C)(C)C)c1. The molecule has 0 aliphatic carbocycles. The summed E-state index contributed by atoms with van der Waals surface area (Å²) in [5.41, 5.74) is 7.63. The summed E-state index contributed by atoms with van der Waals surface area (Å²) in [4.78, 5) is 0. The molecule has 2 N–H and O–H groups in total. The first-order valence-corrected chi connectivity index (χ1v) is 5.79. The van der Waals surface area contributed by atoms with Crippen molar-refractivity contribution in [2.45, 2.75) is 33.1 Å². The van der Waals surface area contributed by atoms with Gasteiger partial charge in [0.2, 0.25) is 0 Å². The van der Waals surface area contributed by atoms with Gasteiger partial charge in [-0.2, -0.15) is 0 Å². The van der Waals surface area contributed by atoms with Gasteiger partial charge in [-0.1, -0.05) is 32.1 Å². The van der Waals surface area contributed by atoms with Gasteiger partial charge < -0.3 is 5.73 Å². The molecule has 2 aromatic rings. The van der Waals surface area contributed by atoms with Crippen LogP contribution < -0.4 is 5.73 Å². The molecule has 0 unspecified atom stereocenters. The summed E-state index contributed by atoms with van der Waals surface area (Å²) in [6.45, 7) is 7.88. The molecule has 0 amide bonds. The molecule has 0 saturated carbocycles. The number of nitrogens with two attached hydrogens (primary N) is 1. The zero-order valence-corrected chi connectivity index (χ0v) is 11.0. The lowest BCUT2D eigenvalue weighted by Gasteiger charge is -2.20. The van der Waals surface area contributed by atoms with Crippen LogP contribution in [0, 0.1) is 12.7 Å². The van der Waals surface area contributed by atoms with Gasteiger partial charge in [0, 0.05) is 5.41 Å². The molecule has 0 spiro atoms. The second kappa shape index (κ2) is 4.08. The van der Waals surface area contributed by atoms with E-state index in [2.05, 4.69) is 10.3 Å². The largest absolute Gasteiger partial charge is 0.381 e. The standard InChI is InChI=1S/C13H17FN4/c1-8-5-6-9(14)10(7-8)18-11(13(2,3)4)12(15)16-17-18/h5-7H,15H2,1-4H3. The van der Waals surface area contributed by atoms with Crippen LogP contribution in [0.5, 0.6) is 0 Å². The third kappa shape index (κ3) is 2.08. The number of nitrogen functional groups attached to an aromatic ring is 1. The molecule has 4 nitrogen and oxygen atoms in total. The molecule has 0 radical (unpaired) electrons. The maximum atomic E-state index is 13.9. The van der Waals surface area contributed by atoms with Crippen molar-refractivity contribution in [3.05, 3.63) is 35.3 Å². The van der Waals surface area contributed by atoms with Gasteiger partial charge in [0.05, 0.1) is 5.69 Å². The predicted molar refractivity (Wildman–Crippen MR) is 69.2 cm³/mol. The Morgan fingerprint density at radius 1 is 1.28 bits per heavy atom. The van der Waals surface area contributed by atoms with Gasteiger partial charge in [-0.25, -0.2) is 9.07 Å². The monoisotopic (exact) mass is 248 g/mol. The van der Waals surface area contributed by atoms with E-state index in [4.69, 9.17) is 5.73 Å². The Balaban J connectivity index is 2.69. The smallest absolute Gasteiger partial charge is 0.170 e. The predicted octanol–water partition coefficient (Wildman–Crippen LogP) is 2.59. The summed E-state index contributed by atoms with van der Waals surface area (Å²) >= 11 is 0. The van der Waals surface area contributed by atoms with Crippen LogP contribution in [0.15, 0.2) is 18.2 Å². The Morgan fingerprint density at radius 2 is 1.94 bits per heavy atom. The molecule has 2 rings (SSSR count). The first-order chi connectivity index (χ1) is 8.30. The molecule has 0 aliphatic rings. The summed E-state index contributed by atoms with van der Waals surface area (Å²) in [6, 6.07) is 4.88. The number of anilines is 1. The van der Waals surface area contributed by atoms with Crippen molar-refractivity contribution in [2.75, 3.05) is 5.73 Å². The Hall–Kier alpha value is -1.91. The third-order valence-corrected chi connectivity index (χ3v) is 2.74. The number of nitrogens with zero attached hydrogens (tertiary/aromatic N) is 3. The summed E-state index contributed by atoms with van der Waals surface area (Å²) < 4.78 is 15.4. The van der Waals surface area contributed by atoms with Gasteiger partial charge >= 0.3 is 0 Å². The molecule has 0 bridgehead atoms. The molecule has 5 heteroatoms. The van der Waals surface area contributed by atoms with E-state index in [1.54, 1.807) is 12.1 Å². The highest BCUT2D eigenvalue weighted by atomic mass is 19.1. The fourth-order valence-electron chi connectivity index (χ4n) is 1.95. The number of aryl methyl sites for hydroxylation is 1. The molecule has 0 aliphatic heterocycles. The number of hydrogen-bond acceptors (Lipinski definition) is 3. The first kappa shape index (κ1) is 12.5. The van der Waals surface area contributed by atoms with E-state index < -0.39 is 0 Å². The average Bonchev–Trinajstić information content (AvgIpc) is 2.63. The van der Waals surface area contributed by atoms with E-state index in [1.165, 1.54) is 10.7 Å². The number of aromatic nitrogens is 3. The highest BCUT2D eigenvalue weighted by Crippen LogP contribution is 2.29. The number of benzene rings is 1. The van der Waals surface area contributed by atoms with Gasteiger partial charge in [0.15, 0.2) is 5.82 Å². The van der Waals surface area contributed by atoms with Crippen LogP contribution in [-0.2, 0) is 5.41 Å². The van der Waals surface area contributed by atoms with Crippen molar-refractivity contribution >= 4 is 5.82 Å². The minimum atomic E-state index is -0.337. The number of halogens is 1. The molecule has 0 saturated heterocycles. The molecule has 1 aromatic heterocycles. The highest BCUT2D eigenvalue weighted by molar-refractivity contribution is 5.45. The van der Waals surface area contributed by atoms with Crippen LogP contribution in [0.25, 0.3) is 5.69 Å². The summed E-state index contributed by atoms with van der Waals surface area (Å²) in [5.74, 6) is -0.000550. The van der Waals surface area contributed by atoms with Gasteiger partial charge in [0.1, 0.15) is 11.5 Å². The topological polar surface area (TPSA) is 56.7 Å². The molecular weight excluding hydrogens is 231 g/mol. The van der Waals surface area contributed by atoms with E-state index in [0.717, 1.165) is 5.56 Å². The minimum absolute atomic E-state index is 0.260. The van der Waals surface area contributed by atoms with Crippen LogP contribution >= 0.6 is 0 Å². The fraction of sp³-hybridized carbons (Fsp3) is 0.385. The molecule has 1 heterocycles. The molecule has 0 fully saturated rings. The van der Waals surface area contributed by atoms with Crippen molar-refractivity contribution < 1.29 is 4.39 Å². The Labute approximate surface area is 106 Å². The van der Waals surface area contributed by atoms with E-state index in [9.17, 15) is 4.39 Å². The van der Waals surface area contributed by atoms with E-state index in [1.807, 2.05) is 27.7 Å². The zero-order chi connectivity index (χ0) is 13.5. The van der Waals surface area contributed by atoms with Crippen LogP contribution in [0.1, 0.15) is 32.0 Å². The van der Waals surface area contributed by atoms with Crippen LogP contribution in [0.3, 0.4) is 0 Å². The lowest BCUT2D eigenvalue weighted by atomic mass is 9.91. The van der Waals surface area contributed by atoms with Gasteiger partial charge in [-0.05, 0) is 24.6 Å². The normalized spacial score (nSPS) is 11.8. The second-order valence-corrected chi connectivity index (χ2v) is 5.44. The van der Waals surface area contributed by atoms with Crippen molar-refractivity contribution in [3.8, 4) is 5.69 Å². The minimum Gasteiger partial charge on any atom is -0.381 e. The van der Waals surface area contributed by atoms with Gasteiger partial charge in [0.25, 0.3) is 0 Å². The first-order valence-electron chi connectivity index (χ1n) is 5.79. The van der Waals surface area contributed by atoms with Crippen molar-refractivity contribution in [3.63, 3.8) is 0 Å². The van der Waals surface area contributed by atoms with Gasteiger partial charge in [-0.15, -0.1) is 5.10 Å². The molecule has 0 atom stereocenters. The van der Waals surface area contributed by atoms with Crippen molar-refractivity contribution in [1.82, 2.24) is 15.0 Å². The maximum absolute atomic E-state index is 13.9. The third-order valence-electron chi connectivity index (χ3n) is 2.74.